The number of amides is 2. The molecule has 1 aromatic heterocycles. The number of nitrogens with zero attached hydrogens (tertiary/aromatic N) is 2. The van der Waals surface area contributed by atoms with E-state index in [1.807, 2.05) is 48.5 Å². The van der Waals surface area contributed by atoms with Crippen LogP contribution in [0.25, 0.3) is 0 Å². The van der Waals surface area contributed by atoms with E-state index >= 15 is 0 Å². The molecule has 222 valence electrons. The third-order valence-electron chi connectivity index (χ3n) is 7.80. The third kappa shape index (κ3) is 6.85. The molecular weight excluding hydrogens is 540 g/mol. The van der Waals surface area contributed by atoms with Crippen molar-refractivity contribution >= 4 is 17.8 Å². The first-order valence-electron chi connectivity index (χ1n) is 14.6. The summed E-state index contributed by atoms with van der Waals surface area (Å²) in [6.07, 6.45) is 3.54. The van der Waals surface area contributed by atoms with Crippen molar-refractivity contribution < 1.29 is 33.3 Å². The third-order valence-corrected chi connectivity index (χ3v) is 7.80. The van der Waals surface area contributed by atoms with E-state index < -0.39 is 6.29 Å². The number of likely N-dealkylation sites (tertiary alicyclic amines) is 1. The quantitative estimate of drug-likeness (QED) is 0.349. The molecule has 1 aliphatic carbocycles. The van der Waals surface area contributed by atoms with E-state index in [1.54, 1.807) is 11.0 Å². The largest absolute Gasteiger partial charge is 0.488 e. The summed E-state index contributed by atoms with van der Waals surface area (Å²) in [7, 11) is 0. The zero-order chi connectivity index (χ0) is 28.7. The molecule has 0 bridgehead atoms. The SMILES string of the molecule is O=C(COc1cccc(OCc2ccccc2)c1C1OCCO1)Nc1cc([C@H]2CC[C@@H](OC(=O)N3CCCC3)C2)[nH]n1. The summed E-state index contributed by atoms with van der Waals surface area (Å²) >= 11 is 0. The van der Waals surface area contributed by atoms with Crippen LogP contribution in [0.4, 0.5) is 10.6 Å². The minimum absolute atomic E-state index is 0.104. The summed E-state index contributed by atoms with van der Waals surface area (Å²) in [6.45, 7) is 2.61. The molecule has 2 aliphatic heterocycles. The number of H-pyrrole nitrogens is 1. The van der Waals surface area contributed by atoms with E-state index in [9.17, 15) is 9.59 Å². The Labute approximate surface area is 244 Å². The minimum atomic E-state index is -0.645. The second kappa shape index (κ2) is 13.3. The van der Waals surface area contributed by atoms with Crippen LogP contribution >= 0.6 is 0 Å². The van der Waals surface area contributed by atoms with Gasteiger partial charge in [0.05, 0.1) is 18.8 Å². The van der Waals surface area contributed by atoms with Crippen LogP contribution in [0.15, 0.2) is 54.6 Å². The predicted molar refractivity (Wildman–Crippen MR) is 152 cm³/mol. The van der Waals surface area contributed by atoms with E-state index in [0.717, 1.165) is 56.5 Å². The molecule has 1 saturated carbocycles. The van der Waals surface area contributed by atoms with Crippen LogP contribution in [0.3, 0.4) is 0 Å². The van der Waals surface area contributed by atoms with Crippen LogP contribution in [0.5, 0.6) is 11.5 Å². The van der Waals surface area contributed by atoms with Crippen molar-refractivity contribution in [3.63, 3.8) is 0 Å². The van der Waals surface area contributed by atoms with E-state index in [4.69, 9.17) is 23.7 Å². The number of hydrogen-bond donors (Lipinski definition) is 2. The van der Waals surface area contributed by atoms with Crippen molar-refractivity contribution in [1.29, 1.82) is 0 Å². The van der Waals surface area contributed by atoms with Gasteiger partial charge in [0, 0.05) is 30.8 Å². The summed E-state index contributed by atoms with van der Waals surface area (Å²) in [5, 5.41) is 10.1. The highest BCUT2D eigenvalue weighted by molar-refractivity contribution is 5.91. The lowest BCUT2D eigenvalue weighted by Gasteiger charge is -2.19. The number of carbonyl (C=O) groups is 2. The van der Waals surface area contributed by atoms with Crippen LogP contribution in [-0.2, 0) is 25.6 Å². The van der Waals surface area contributed by atoms with Gasteiger partial charge in [0.15, 0.2) is 18.7 Å². The lowest BCUT2D eigenvalue weighted by atomic mass is 10.0. The Morgan fingerprint density at radius 1 is 0.976 bits per heavy atom. The zero-order valence-corrected chi connectivity index (χ0v) is 23.5. The predicted octanol–water partition coefficient (Wildman–Crippen LogP) is 4.92. The van der Waals surface area contributed by atoms with Crippen LogP contribution in [-0.4, -0.2) is 66.1 Å². The standard InChI is InChI=1S/C31H36N4O7/c36-28(32-27-18-24(33-34-27)22-11-12-23(17-22)42-31(37)35-13-4-5-14-35)20-41-26-10-6-9-25(29(26)30-38-15-16-39-30)40-19-21-7-2-1-3-8-21/h1-3,6-10,18,22-23,30H,4-5,11-17,19-20H2,(H2,32,33,34,36)/t22-,23+/m0/s1. The van der Waals surface area contributed by atoms with Gasteiger partial charge in [0.2, 0.25) is 0 Å². The summed E-state index contributed by atoms with van der Waals surface area (Å²) in [6, 6.07) is 17.1. The zero-order valence-electron chi connectivity index (χ0n) is 23.5. The second-order valence-corrected chi connectivity index (χ2v) is 10.8. The normalized spacial score (nSPS) is 20.5. The molecule has 2 aromatic carbocycles. The molecule has 0 spiro atoms. The Hall–Kier alpha value is -4.09. The maximum Gasteiger partial charge on any atom is 0.410 e. The highest BCUT2D eigenvalue weighted by Gasteiger charge is 2.32. The van der Waals surface area contributed by atoms with E-state index in [0.29, 0.717) is 42.7 Å². The van der Waals surface area contributed by atoms with Gasteiger partial charge in [-0.15, -0.1) is 0 Å². The number of benzene rings is 2. The van der Waals surface area contributed by atoms with Crippen molar-refractivity contribution in [3.8, 4) is 11.5 Å². The number of rotatable bonds is 10. The number of ether oxygens (including phenoxy) is 5. The maximum absolute atomic E-state index is 12.8. The summed E-state index contributed by atoms with van der Waals surface area (Å²) in [5.74, 6) is 1.27. The lowest BCUT2D eigenvalue weighted by Crippen LogP contribution is -2.31. The smallest absolute Gasteiger partial charge is 0.410 e. The van der Waals surface area contributed by atoms with Gasteiger partial charge in [0.25, 0.3) is 5.91 Å². The van der Waals surface area contributed by atoms with E-state index in [2.05, 4.69) is 15.5 Å². The van der Waals surface area contributed by atoms with Gasteiger partial charge in [-0.1, -0.05) is 36.4 Å². The molecule has 3 aromatic rings. The fraction of sp³-hybridized carbons (Fsp3) is 0.452. The molecular formula is C31H36N4O7. The maximum atomic E-state index is 12.8. The molecule has 3 fully saturated rings. The van der Waals surface area contributed by atoms with Crippen molar-refractivity contribution in [2.45, 2.75) is 57.0 Å². The van der Waals surface area contributed by atoms with Gasteiger partial charge in [-0.3, -0.25) is 9.89 Å². The molecule has 3 aliphatic rings. The van der Waals surface area contributed by atoms with Gasteiger partial charge in [-0.2, -0.15) is 5.10 Å². The summed E-state index contributed by atoms with van der Waals surface area (Å²) < 4.78 is 29.3. The molecule has 11 nitrogen and oxygen atoms in total. The number of hydrogen-bond acceptors (Lipinski definition) is 8. The van der Waals surface area contributed by atoms with Crippen molar-refractivity contribution in [1.82, 2.24) is 15.1 Å². The number of nitrogens with one attached hydrogen (secondary N) is 2. The van der Waals surface area contributed by atoms with Gasteiger partial charge < -0.3 is 33.9 Å². The molecule has 11 heteroatoms. The molecule has 2 saturated heterocycles. The Morgan fingerprint density at radius 3 is 2.52 bits per heavy atom. The van der Waals surface area contributed by atoms with Gasteiger partial charge in [-0.25, -0.2) is 4.79 Å². The fourth-order valence-corrected chi connectivity index (χ4v) is 5.65. The first-order valence-corrected chi connectivity index (χ1v) is 14.6. The highest BCUT2D eigenvalue weighted by atomic mass is 16.7. The summed E-state index contributed by atoms with van der Waals surface area (Å²) in [5.41, 5.74) is 2.55. The minimum Gasteiger partial charge on any atom is -0.488 e. The number of anilines is 1. The monoisotopic (exact) mass is 576 g/mol. The number of carbonyl (C=O) groups excluding carboxylic acids is 2. The Bertz CT molecular complexity index is 1350. The molecule has 6 rings (SSSR count). The molecule has 0 unspecified atom stereocenters. The molecule has 42 heavy (non-hydrogen) atoms. The fourth-order valence-electron chi connectivity index (χ4n) is 5.65. The van der Waals surface area contributed by atoms with Crippen LogP contribution in [0.1, 0.15) is 61.1 Å². The highest BCUT2D eigenvalue weighted by Crippen LogP contribution is 2.39. The van der Waals surface area contributed by atoms with Crippen molar-refractivity contribution in [2.24, 2.45) is 0 Å². The molecule has 2 N–H and O–H groups in total. The van der Waals surface area contributed by atoms with Crippen LogP contribution in [0.2, 0.25) is 0 Å². The van der Waals surface area contributed by atoms with Crippen molar-refractivity contribution in [2.75, 3.05) is 38.2 Å². The molecule has 3 heterocycles. The first-order chi connectivity index (χ1) is 20.6. The second-order valence-electron chi connectivity index (χ2n) is 10.8. The molecule has 0 radical (unpaired) electrons. The topological polar surface area (TPSA) is 124 Å². The van der Waals surface area contributed by atoms with Gasteiger partial charge in [-0.05, 0) is 49.8 Å². The van der Waals surface area contributed by atoms with Crippen molar-refractivity contribution in [3.05, 3.63) is 71.4 Å². The lowest BCUT2D eigenvalue weighted by molar-refractivity contribution is -0.118. The summed E-state index contributed by atoms with van der Waals surface area (Å²) in [4.78, 5) is 26.9. The number of aromatic nitrogens is 2. The average molecular weight is 577 g/mol. The average Bonchev–Trinajstić information content (AvgIpc) is 3.84. The van der Waals surface area contributed by atoms with E-state index in [-0.39, 0.29) is 30.6 Å². The van der Waals surface area contributed by atoms with Crippen LogP contribution in [0, 0.1) is 0 Å². The number of aromatic amines is 1. The van der Waals surface area contributed by atoms with Gasteiger partial charge in [0.1, 0.15) is 24.2 Å². The van der Waals surface area contributed by atoms with Crippen LogP contribution < -0.4 is 14.8 Å². The first kappa shape index (κ1) is 28.0. The van der Waals surface area contributed by atoms with E-state index in [1.165, 1.54) is 0 Å². The molecule has 2 amide bonds. The Balaban J connectivity index is 1.03. The Kier molecular flexibility index (Phi) is 8.86. The van der Waals surface area contributed by atoms with Gasteiger partial charge >= 0.3 is 6.09 Å². The Morgan fingerprint density at radius 2 is 1.74 bits per heavy atom. The molecule has 2 atom stereocenters.